The van der Waals surface area contributed by atoms with Gasteiger partial charge in [0.05, 0.1) is 12.7 Å². The van der Waals surface area contributed by atoms with Crippen LogP contribution in [0.15, 0.2) is 0 Å². The van der Waals surface area contributed by atoms with Crippen LogP contribution in [-0.4, -0.2) is 74.7 Å². The van der Waals surface area contributed by atoms with E-state index in [0.29, 0.717) is 12.5 Å². The van der Waals surface area contributed by atoms with Crippen LogP contribution in [-0.2, 0) is 9.53 Å². The summed E-state index contributed by atoms with van der Waals surface area (Å²) in [7, 11) is 4.08. The van der Waals surface area contributed by atoms with Crippen LogP contribution in [0.25, 0.3) is 0 Å². The second-order valence-electron chi connectivity index (χ2n) is 6.00. The molecular formula is C14H29Cl2N3O2. The smallest absolute Gasteiger partial charge is 0.242 e. The van der Waals surface area contributed by atoms with Crippen LogP contribution >= 0.6 is 24.8 Å². The fourth-order valence-electron chi connectivity index (χ4n) is 3.15. The highest BCUT2D eigenvalue weighted by molar-refractivity contribution is 5.85. The summed E-state index contributed by atoms with van der Waals surface area (Å²) in [5, 5.41) is 3.27. The van der Waals surface area contributed by atoms with E-state index in [1.165, 1.54) is 19.4 Å². The number of nitrogens with one attached hydrogen (secondary N) is 1. The Morgan fingerprint density at radius 3 is 2.76 bits per heavy atom. The van der Waals surface area contributed by atoms with Crippen LogP contribution in [0.3, 0.4) is 0 Å². The number of likely N-dealkylation sites (N-methyl/N-ethyl adjacent to an activating group) is 1. The van der Waals surface area contributed by atoms with E-state index >= 15 is 0 Å². The lowest BCUT2D eigenvalue weighted by molar-refractivity contribution is -0.138. The number of nitrogens with zero attached hydrogens (tertiary/aromatic N) is 2. The summed E-state index contributed by atoms with van der Waals surface area (Å²) in [5.74, 6) is 0.771. The highest BCUT2D eigenvalue weighted by atomic mass is 35.5. The lowest BCUT2D eigenvalue weighted by Gasteiger charge is -2.36. The lowest BCUT2D eigenvalue weighted by atomic mass is 9.97. The lowest BCUT2D eigenvalue weighted by Crippen LogP contribution is -2.56. The molecule has 1 N–H and O–H groups in total. The molecule has 7 heteroatoms. The zero-order valence-electron chi connectivity index (χ0n) is 13.2. The molecule has 0 bridgehead atoms. The van der Waals surface area contributed by atoms with Crippen LogP contribution in [0, 0.1) is 5.92 Å². The molecule has 2 rings (SSSR count). The molecule has 0 aromatic carbocycles. The van der Waals surface area contributed by atoms with Gasteiger partial charge in [0.1, 0.15) is 6.04 Å². The Morgan fingerprint density at radius 1 is 1.43 bits per heavy atom. The molecule has 0 saturated carbocycles. The van der Waals surface area contributed by atoms with Gasteiger partial charge in [-0.05, 0) is 39.3 Å². The normalized spacial score (nSPS) is 30.0. The van der Waals surface area contributed by atoms with Crippen molar-refractivity contribution in [2.24, 2.45) is 5.92 Å². The SMILES string of the molecule is C[C@H]1OCCN[C@@H]1C(=O)N(C)CC1CCCN(C)C1.Cl.Cl. The number of piperidine rings is 1. The second kappa shape index (κ2) is 9.85. The van der Waals surface area contributed by atoms with Gasteiger partial charge in [0.15, 0.2) is 0 Å². The molecule has 0 radical (unpaired) electrons. The van der Waals surface area contributed by atoms with Gasteiger partial charge in [-0.1, -0.05) is 0 Å². The van der Waals surface area contributed by atoms with Gasteiger partial charge >= 0.3 is 0 Å². The van der Waals surface area contributed by atoms with E-state index in [-0.39, 0.29) is 42.9 Å². The molecule has 2 saturated heterocycles. The van der Waals surface area contributed by atoms with E-state index in [1.807, 2.05) is 18.9 Å². The Balaban J connectivity index is 0.00000200. The summed E-state index contributed by atoms with van der Waals surface area (Å²) in [6.45, 7) is 6.57. The maximum Gasteiger partial charge on any atom is 0.242 e. The van der Waals surface area contributed by atoms with Crippen LogP contribution in [0.2, 0.25) is 0 Å². The molecular weight excluding hydrogens is 313 g/mol. The molecule has 2 heterocycles. The van der Waals surface area contributed by atoms with Crippen molar-refractivity contribution in [3.8, 4) is 0 Å². The van der Waals surface area contributed by atoms with E-state index in [2.05, 4.69) is 17.3 Å². The van der Waals surface area contributed by atoms with Crippen molar-refractivity contribution in [2.75, 3.05) is 46.9 Å². The number of carbonyl (C=O) groups excluding carboxylic acids is 1. The minimum absolute atomic E-state index is 0. The summed E-state index contributed by atoms with van der Waals surface area (Å²) in [5.41, 5.74) is 0. The van der Waals surface area contributed by atoms with E-state index in [4.69, 9.17) is 4.74 Å². The molecule has 126 valence electrons. The average Bonchev–Trinajstić information content (AvgIpc) is 2.38. The van der Waals surface area contributed by atoms with Crippen LogP contribution < -0.4 is 5.32 Å². The van der Waals surface area contributed by atoms with Crippen molar-refractivity contribution in [1.29, 1.82) is 0 Å². The number of amides is 1. The van der Waals surface area contributed by atoms with Crippen LogP contribution in [0.4, 0.5) is 0 Å². The molecule has 21 heavy (non-hydrogen) atoms. The van der Waals surface area contributed by atoms with Crippen molar-refractivity contribution in [3.05, 3.63) is 0 Å². The summed E-state index contributed by atoms with van der Waals surface area (Å²) in [6.07, 6.45) is 2.44. The number of hydrogen-bond acceptors (Lipinski definition) is 4. The van der Waals surface area contributed by atoms with Crippen molar-refractivity contribution >= 4 is 30.7 Å². The Kier molecular flexibility index (Phi) is 9.81. The maximum absolute atomic E-state index is 12.4. The number of hydrogen-bond donors (Lipinski definition) is 1. The predicted molar refractivity (Wildman–Crippen MR) is 89.6 cm³/mol. The highest BCUT2D eigenvalue weighted by Crippen LogP contribution is 2.17. The molecule has 1 amide bonds. The zero-order chi connectivity index (χ0) is 13.8. The molecule has 2 fully saturated rings. The minimum Gasteiger partial charge on any atom is -0.375 e. The standard InChI is InChI=1S/C14H27N3O2.2ClH/c1-11-13(15-6-8-19-11)14(18)17(3)10-12-5-4-7-16(2)9-12;;/h11-13,15H,4-10H2,1-3H3;2*1H/t11-,12?,13+;;/m1../s1. The minimum atomic E-state index is -0.180. The first-order valence-corrected chi connectivity index (χ1v) is 7.36. The first-order chi connectivity index (χ1) is 9.08. The second-order valence-corrected chi connectivity index (χ2v) is 6.00. The first-order valence-electron chi connectivity index (χ1n) is 7.36. The summed E-state index contributed by atoms with van der Waals surface area (Å²) >= 11 is 0. The van der Waals surface area contributed by atoms with Gasteiger partial charge in [-0.2, -0.15) is 0 Å². The van der Waals surface area contributed by atoms with E-state index in [9.17, 15) is 4.79 Å². The van der Waals surface area contributed by atoms with Gasteiger partial charge < -0.3 is 19.9 Å². The summed E-state index contributed by atoms with van der Waals surface area (Å²) in [4.78, 5) is 16.7. The Hall–Kier alpha value is -0.0700. The van der Waals surface area contributed by atoms with Gasteiger partial charge in [-0.15, -0.1) is 24.8 Å². The number of morpholine rings is 1. The van der Waals surface area contributed by atoms with Gasteiger partial charge in [0.2, 0.25) is 5.91 Å². The first kappa shape index (κ1) is 20.9. The monoisotopic (exact) mass is 341 g/mol. The molecule has 0 aliphatic carbocycles. The molecule has 0 aromatic rings. The van der Waals surface area contributed by atoms with Gasteiger partial charge in [-0.3, -0.25) is 4.79 Å². The summed E-state index contributed by atoms with van der Waals surface area (Å²) in [6, 6.07) is -0.180. The van der Waals surface area contributed by atoms with Gasteiger partial charge in [0.25, 0.3) is 0 Å². The number of halogens is 2. The third-order valence-electron chi connectivity index (χ3n) is 4.21. The Morgan fingerprint density at radius 2 is 2.14 bits per heavy atom. The average molecular weight is 342 g/mol. The number of carbonyl (C=O) groups is 1. The fourth-order valence-corrected chi connectivity index (χ4v) is 3.15. The van der Waals surface area contributed by atoms with Crippen molar-refractivity contribution in [2.45, 2.75) is 31.9 Å². The molecule has 3 atom stereocenters. The van der Waals surface area contributed by atoms with Gasteiger partial charge in [-0.25, -0.2) is 0 Å². The predicted octanol–water partition coefficient (Wildman–Crippen LogP) is 1.01. The third-order valence-corrected chi connectivity index (χ3v) is 4.21. The molecule has 1 unspecified atom stereocenters. The number of rotatable bonds is 3. The largest absolute Gasteiger partial charge is 0.375 e. The van der Waals surface area contributed by atoms with E-state index < -0.39 is 0 Å². The van der Waals surface area contributed by atoms with Crippen molar-refractivity contribution in [1.82, 2.24) is 15.1 Å². The Bertz CT molecular complexity index is 321. The zero-order valence-corrected chi connectivity index (χ0v) is 14.8. The molecule has 2 aliphatic rings. The molecule has 0 spiro atoms. The Labute approximate surface area is 140 Å². The van der Waals surface area contributed by atoms with E-state index in [0.717, 1.165) is 19.6 Å². The molecule has 2 aliphatic heterocycles. The van der Waals surface area contributed by atoms with E-state index in [1.54, 1.807) is 0 Å². The maximum atomic E-state index is 12.4. The highest BCUT2D eigenvalue weighted by Gasteiger charge is 2.31. The van der Waals surface area contributed by atoms with Gasteiger partial charge in [0, 0.05) is 26.7 Å². The molecule has 5 nitrogen and oxygen atoms in total. The molecule has 0 aromatic heterocycles. The number of likely N-dealkylation sites (tertiary alicyclic amines) is 1. The van der Waals surface area contributed by atoms with Crippen molar-refractivity contribution < 1.29 is 9.53 Å². The van der Waals surface area contributed by atoms with Crippen molar-refractivity contribution in [3.63, 3.8) is 0 Å². The number of ether oxygens (including phenoxy) is 1. The summed E-state index contributed by atoms with van der Waals surface area (Å²) < 4.78 is 5.55. The van der Waals surface area contributed by atoms with Crippen LogP contribution in [0.1, 0.15) is 19.8 Å². The third kappa shape index (κ3) is 5.91. The fraction of sp³-hybridized carbons (Fsp3) is 0.929. The topological polar surface area (TPSA) is 44.8 Å². The quantitative estimate of drug-likeness (QED) is 0.831. The van der Waals surface area contributed by atoms with Crippen LogP contribution in [0.5, 0.6) is 0 Å².